The number of aliphatic imine (C=N–C) groups is 1. The fraction of sp³-hybridized carbons (Fsp3) is 0.222. The molecule has 2 aromatic rings. The van der Waals surface area contributed by atoms with Crippen LogP contribution < -0.4 is 0 Å². The number of hydrogen-bond acceptors (Lipinski definition) is 2. The van der Waals surface area contributed by atoms with Crippen molar-refractivity contribution < 1.29 is 4.79 Å². The number of nitrogens with zero attached hydrogens (tertiary/aromatic N) is 1. The van der Waals surface area contributed by atoms with Crippen LogP contribution in [0, 0.1) is 0 Å². The molecule has 0 unspecified atom stereocenters. The Labute approximate surface area is 119 Å². The molecule has 0 aliphatic carbocycles. The first kappa shape index (κ1) is 12.8. The lowest BCUT2D eigenvalue weighted by Crippen LogP contribution is -2.32. The lowest BCUT2D eigenvalue weighted by Gasteiger charge is -2.28. The third-order valence-electron chi connectivity index (χ3n) is 3.56. The summed E-state index contributed by atoms with van der Waals surface area (Å²) in [5.74, 6) is 0.00539. The topological polar surface area (TPSA) is 29.4 Å². The highest BCUT2D eigenvalue weighted by molar-refractivity contribution is 6.52. The zero-order valence-electron chi connectivity index (χ0n) is 11.8. The molecule has 1 heterocycles. The smallest absolute Gasteiger partial charge is 0.211 e. The Morgan fingerprint density at radius 3 is 2.40 bits per heavy atom. The zero-order chi connectivity index (χ0) is 14.2. The number of fused-ring (bicyclic) bond motifs is 1. The van der Waals surface area contributed by atoms with Crippen LogP contribution in [0.1, 0.15) is 35.3 Å². The van der Waals surface area contributed by atoms with Gasteiger partial charge in [0.2, 0.25) is 5.78 Å². The van der Waals surface area contributed by atoms with Gasteiger partial charge in [0.1, 0.15) is 5.71 Å². The van der Waals surface area contributed by atoms with E-state index >= 15 is 0 Å². The minimum absolute atomic E-state index is 0.00539. The largest absolute Gasteiger partial charge is 0.287 e. The van der Waals surface area contributed by atoms with Crippen LogP contribution in [0.4, 0.5) is 0 Å². The van der Waals surface area contributed by atoms with Gasteiger partial charge in [0.15, 0.2) is 0 Å². The van der Waals surface area contributed by atoms with E-state index in [1.165, 1.54) is 5.56 Å². The molecule has 0 radical (unpaired) electrons. The molecular weight excluding hydrogens is 246 g/mol. The van der Waals surface area contributed by atoms with Gasteiger partial charge >= 0.3 is 0 Å². The normalized spacial score (nSPS) is 16.2. The Balaban J connectivity index is 2.11. The van der Waals surface area contributed by atoms with Crippen molar-refractivity contribution in [1.82, 2.24) is 0 Å². The highest BCUT2D eigenvalue weighted by atomic mass is 16.1. The van der Waals surface area contributed by atoms with Gasteiger partial charge in [0.05, 0.1) is 5.54 Å². The fourth-order valence-corrected chi connectivity index (χ4v) is 2.67. The summed E-state index contributed by atoms with van der Waals surface area (Å²) in [4.78, 5) is 17.4. The van der Waals surface area contributed by atoms with E-state index in [1.807, 2.05) is 48.5 Å². The van der Waals surface area contributed by atoms with Gasteiger partial charge in [-0.25, -0.2) is 0 Å². The first-order valence-corrected chi connectivity index (χ1v) is 6.85. The van der Waals surface area contributed by atoms with Gasteiger partial charge < -0.3 is 0 Å². The minimum Gasteiger partial charge on any atom is -0.287 e. The van der Waals surface area contributed by atoms with Crippen LogP contribution in [0.3, 0.4) is 0 Å². The molecule has 0 N–H and O–H groups in total. The van der Waals surface area contributed by atoms with Gasteiger partial charge in [0, 0.05) is 11.1 Å². The molecule has 100 valence electrons. The third kappa shape index (κ3) is 2.29. The molecule has 3 rings (SSSR count). The first-order chi connectivity index (χ1) is 9.57. The molecule has 2 nitrogen and oxygen atoms in total. The van der Waals surface area contributed by atoms with Crippen LogP contribution in [-0.2, 0) is 6.42 Å². The second kappa shape index (κ2) is 4.71. The number of carbonyl (C=O) groups is 1. The number of benzene rings is 2. The van der Waals surface area contributed by atoms with Crippen molar-refractivity contribution in [2.75, 3.05) is 0 Å². The van der Waals surface area contributed by atoms with Crippen molar-refractivity contribution in [2.24, 2.45) is 4.99 Å². The molecule has 1 aliphatic rings. The predicted molar refractivity (Wildman–Crippen MR) is 81.5 cm³/mol. The number of carbonyl (C=O) groups excluding carboxylic acids is 1. The summed E-state index contributed by atoms with van der Waals surface area (Å²) < 4.78 is 0. The molecule has 0 amide bonds. The molecule has 1 aliphatic heterocycles. The molecular formula is C18H17NO. The molecule has 2 heteroatoms. The Kier molecular flexibility index (Phi) is 3.01. The van der Waals surface area contributed by atoms with Crippen LogP contribution in [-0.4, -0.2) is 17.0 Å². The molecule has 0 bridgehead atoms. The maximum atomic E-state index is 12.7. The summed E-state index contributed by atoms with van der Waals surface area (Å²) in [5.41, 5.74) is 3.22. The van der Waals surface area contributed by atoms with Gasteiger partial charge in [-0.15, -0.1) is 0 Å². The second-order valence-electron chi connectivity index (χ2n) is 5.80. The average Bonchev–Trinajstić information content (AvgIpc) is 2.45. The standard InChI is InChI=1S/C18H17NO/c1-18(2)12-14-10-6-7-11-15(14)16(19-18)17(20)13-8-4-3-5-9-13/h3-11H,12H2,1-2H3. The van der Waals surface area contributed by atoms with Gasteiger partial charge in [-0.2, -0.15) is 0 Å². The fourth-order valence-electron chi connectivity index (χ4n) is 2.67. The first-order valence-electron chi connectivity index (χ1n) is 6.85. The van der Waals surface area contributed by atoms with Crippen molar-refractivity contribution in [3.63, 3.8) is 0 Å². The van der Waals surface area contributed by atoms with Crippen molar-refractivity contribution in [3.8, 4) is 0 Å². The van der Waals surface area contributed by atoms with E-state index in [2.05, 4.69) is 19.9 Å². The van der Waals surface area contributed by atoms with E-state index in [9.17, 15) is 4.79 Å². The van der Waals surface area contributed by atoms with E-state index in [0.717, 1.165) is 12.0 Å². The summed E-state index contributed by atoms with van der Waals surface area (Å²) >= 11 is 0. The van der Waals surface area contributed by atoms with Crippen LogP contribution in [0.25, 0.3) is 0 Å². The highest BCUT2D eigenvalue weighted by Crippen LogP contribution is 2.27. The highest BCUT2D eigenvalue weighted by Gasteiger charge is 2.29. The van der Waals surface area contributed by atoms with Crippen LogP contribution >= 0.6 is 0 Å². The van der Waals surface area contributed by atoms with Gasteiger partial charge in [-0.1, -0.05) is 54.6 Å². The van der Waals surface area contributed by atoms with Crippen LogP contribution in [0.5, 0.6) is 0 Å². The molecule has 0 aromatic heterocycles. The average molecular weight is 263 g/mol. The summed E-state index contributed by atoms with van der Waals surface area (Å²) in [5, 5.41) is 0. The molecule has 20 heavy (non-hydrogen) atoms. The minimum atomic E-state index is -0.228. The van der Waals surface area contributed by atoms with Gasteiger partial charge in [-0.3, -0.25) is 9.79 Å². The number of ketones is 1. The number of rotatable bonds is 2. The molecule has 0 spiro atoms. The van der Waals surface area contributed by atoms with Crippen LogP contribution in [0.2, 0.25) is 0 Å². The van der Waals surface area contributed by atoms with E-state index < -0.39 is 0 Å². The monoisotopic (exact) mass is 263 g/mol. The quantitative estimate of drug-likeness (QED) is 0.760. The summed E-state index contributed by atoms with van der Waals surface area (Å²) in [6.07, 6.45) is 0.870. The second-order valence-corrected chi connectivity index (χ2v) is 5.80. The third-order valence-corrected chi connectivity index (χ3v) is 3.56. The maximum absolute atomic E-state index is 12.7. The van der Waals surface area contributed by atoms with E-state index in [0.29, 0.717) is 11.3 Å². The Bertz CT molecular complexity index is 684. The molecule has 2 aromatic carbocycles. The van der Waals surface area contributed by atoms with Crippen molar-refractivity contribution in [2.45, 2.75) is 25.8 Å². The molecule has 0 atom stereocenters. The lowest BCUT2D eigenvalue weighted by molar-refractivity contribution is 0.106. The summed E-state index contributed by atoms with van der Waals surface area (Å²) in [7, 11) is 0. The van der Waals surface area contributed by atoms with Gasteiger partial charge in [-0.05, 0) is 25.8 Å². The lowest BCUT2D eigenvalue weighted by atomic mass is 9.85. The number of hydrogen-bond donors (Lipinski definition) is 0. The van der Waals surface area contributed by atoms with E-state index in [1.54, 1.807) is 0 Å². The predicted octanol–water partition coefficient (Wildman–Crippen LogP) is 3.69. The Hall–Kier alpha value is -2.22. The van der Waals surface area contributed by atoms with Crippen LogP contribution in [0.15, 0.2) is 59.6 Å². The SMILES string of the molecule is CC1(C)Cc2ccccc2C(C(=O)c2ccccc2)=N1. The molecule has 0 saturated heterocycles. The molecule has 0 fully saturated rings. The van der Waals surface area contributed by atoms with E-state index in [4.69, 9.17) is 4.99 Å². The van der Waals surface area contributed by atoms with Crippen molar-refractivity contribution in [1.29, 1.82) is 0 Å². The maximum Gasteiger partial charge on any atom is 0.211 e. The Morgan fingerprint density at radius 1 is 1.00 bits per heavy atom. The van der Waals surface area contributed by atoms with Crippen molar-refractivity contribution >= 4 is 11.5 Å². The summed E-state index contributed by atoms with van der Waals surface area (Å²) in [6.45, 7) is 4.14. The van der Waals surface area contributed by atoms with Crippen molar-refractivity contribution in [3.05, 3.63) is 71.3 Å². The molecule has 0 saturated carbocycles. The van der Waals surface area contributed by atoms with E-state index in [-0.39, 0.29) is 11.3 Å². The Morgan fingerprint density at radius 2 is 1.65 bits per heavy atom. The number of Topliss-reactive ketones (excluding diaryl/α,β-unsaturated/α-hetero) is 1. The zero-order valence-corrected chi connectivity index (χ0v) is 11.8. The summed E-state index contributed by atoms with van der Waals surface area (Å²) in [6, 6.07) is 17.4. The van der Waals surface area contributed by atoms with Gasteiger partial charge in [0.25, 0.3) is 0 Å².